The Bertz CT molecular complexity index is 4740. The summed E-state index contributed by atoms with van der Waals surface area (Å²) in [5.74, 6) is 3.25. The molecule has 14 aromatic rings. The quantitative estimate of drug-likeness (QED) is 0.0900. The molecule has 0 aliphatic carbocycles. The number of hydrogen-bond donors (Lipinski definition) is 0. The van der Waals surface area contributed by atoms with Crippen molar-refractivity contribution in [2.75, 3.05) is 0 Å². The summed E-state index contributed by atoms with van der Waals surface area (Å²) in [5, 5.41) is 3.84. The van der Waals surface area contributed by atoms with Crippen LogP contribution in [0.3, 0.4) is 0 Å². The molecule has 0 N–H and O–H groups in total. The van der Waals surface area contributed by atoms with Gasteiger partial charge in [-0.25, -0.2) is 4.98 Å². The van der Waals surface area contributed by atoms with Crippen molar-refractivity contribution in [3.05, 3.63) is 235 Å². The van der Waals surface area contributed by atoms with E-state index in [9.17, 15) is 0 Å². The first-order valence-electron chi connectivity index (χ1n) is 28.7. The Morgan fingerprint density at radius 2 is 0.904 bits per heavy atom. The molecule has 0 aliphatic rings. The summed E-state index contributed by atoms with van der Waals surface area (Å²) in [5.41, 5.74) is 20.2. The van der Waals surface area contributed by atoms with E-state index in [0.717, 1.165) is 77.4 Å². The molecule has 0 bridgehead atoms. The van der Waals surface area contributed by atoms with Crippen LogP contribution in [0.15, 0.2) is 205 Å². The molecule has 408 valence electrons. The van der Waals surface area contributed by atoms with Crippen molar-refractivity contribution in [2.24, 2.45) is 0 Å². The third-order valence-corrected chi connectivity index (χ3v) is 16.2. The van der Waals surface area contributed by atoms with Gasteiger partial charge in [-0.2, -0.15) is 0 Å². The summed E-state index contributed by atoms with van der Waals surface area (Å²) in [6.45, 7) is 18.3. The number of fused-ring (bicyclic) bond motifs is 8. The van der Waals surface area contributed by atoms with Crippen molar-refractivity contribution in [3.63, 3.8) is 0 Å². The van der Waals surface area contributed by atoms with Crippen molar-refractivity contribution in [1.29, 1.82) is 0 Å². The van der Waals surface area contributed by atoms with E-state index in [1.54, 1.807) is 0 Å². The number of hydrogen-bond acceptors (Lipinski definition) is 5. The Kier molecular flexibility index (Phi) is 13.8. The van der Waals surface area contributed by atoms with Crippen LogP contribution in [0.2, 0.25) is 0 Å². The van der Waals surface area contributed by atoms with E-state index in [1.807, 2.05) is 24.3 Å². The topological polar surface area (TPSA) is 70.9 Å². The van der Waals surface area contributed by atoms with Gasteiger partial charge < -0.3 is 18.3 Å². The minimum Gasteiger partial charge on any atom is -0.498 e. The van der Waals surface area contributed by atoms with E-state index in [1.165, 1.54) is 44.5 Å². The first-order chi connectivity index (χ1) is 39.9. The van der Waals surface area contributed by atoms with Gasteiger partial charge in [0, 0.05) is 39.0 Å². The maximum atomic E-state index is 7.25. The van der Waals surface area contributed by atoms with Gasteiger partial charge in [-0.15, -0.1) is 23.8 Å². The second-order valence-corrected chi connectivity index (χ2v) is 23.0. The molecule has 10 aromatic carbocycles. The smallest absolute Gasteiger partial charge is 0.498 e. The number of benzene rings is 10. The van der Waals surface area contributed by atoms with E-state index in [4.69, 9.17) is 24.1 Å². The molecule has 0 amide bonds. The van der Waals surface area contributed by atoms with Crippen LogP contribution in [0.25, 0.3) is 122 Å². The molecule has 0 fully saturated rings. The molecule has 0 unspecified atom stereocenters. The molecular weight excluding hydrogens is 1200 g/mol. The summed E-state index contributed by atoms with van der Waals surface area (Å²) < 4.78 is 19.1. The van der Waals surface area contributed by atoms with Crippen molar-refractivity contribution in [2.45, 2.75) is 79.1 Å². The minimum atomic E-state index is 0. The van der Waals surface area contributed by atoms with Crippen LogP contribution in [-0.2, 0) is 21.1 Å². The number of aromatic nitrogens is 5. The number of ether oxygens (including phenoxy) is 1. The van der Waals surface area contributed by atoms with E-state index < -0.39 is 0 Å². The fourth-order valence-corrected chi connectivity index (χ4v) is 12.1. The summed E-state index contributed by atoms with van der Waals surface area (Å²) in [6, 6.07) is 78.1. The van der Waals surface area contributed by atoms with Crippen LogP contribution < -0.4 is 4.74 Å². The summed E-state index contributed by atoms with van der Waals surface area (Å²) in [6.07, 6.45) is 0. The Hall–Kier alpha value is -8.90. The second-order valence-electron chi connectivity index (χ2n) is 23.0. The van der Waals surface area contributed by atoms with Gasteiger partial charge >= 0.3 is 21.1 Å². The van der Waals surface area contributed by atoms with Crippen LogP contribution in [0, 0.1) is 12.1 Å². The Labute approximate surface area is 498 Å². The number of rotatable bonds is 12. The number of furan rings is 1. The molecule has 4 aromatic heterocycles. The van der Waals surface area contributed by atoms with E-state index in [0.29, 0.717) is 34.1 Å². The van der Waals surface area contributed by atoms with Crippen LogP contribution in [0.1, 0.15) is 101 Å². The molecule has 8 heteroatoms. The fourth-order valence-electron chi connectivity index (χ4n) is 12.1. The van der Waals surface area contributed by atoms with Crippen molar-refractivity contribution in [3.8, 4) is 67.9 Å². The van der Waals surface area contributed by atoms with Gasteiger partial charge in [0.25, 0.3) is 0 Å². The van der Waals surface area contributed by atoms with Gasteiger partial charge in [-0.1, -0.05) is 200 Å². The molecule has 0 radical (unpaired) electrons. The molecule has 0 saturated heterocycles. The second kappa shape index (κ2) is 21.4. The molecule has 14 rings (SSSR count). The Morgan fingerprint density at radius 3 is 1.47 bits per heavy atom. The molecule has 0 aliphatic heterocycles. The van der Waals surface area contributed by atoms with Crippen LogP contribution in [0.5, 0.6) is 11.5 Å². The molecule has 7 nitrogen and oxygen atoms in total. The number of pyridine rings is 1. The first-order valence-corrected chi connectivity index (χ1v) is 28.7. The zero-order chi connectivity index (χ0) is 55.9. The molecule has 4 heterocycles. The van der Waals surface area contributed by atoms with E-state index >= 15 is 0 Å². The third-order valence-electron chi connectivity index (χ3n) is 16.2. The summed E-state index contributed by atoms with van der Waals surface area (Å²) >= 11 is 0. The van der Waals surface area contributed by atoms with Gasteiger partial charge in [0.1, 0.15) is 11.1 Å². The maximum absolute atomic E-state index is 7.25. The van der Waals surface area contributed by atoms with Crippen LogP contribution in [-0.4, -0.2) is 24.1 Å². The van der Waals surface area contributed by atoms with E-state index in [-0.39, 0.29) is 44.7 Å². The van der Waals surface area contributed by atoms with Crippen LogP contribution in [0.4, 0.5) is 0 Å². The zero-order valence-electron chi connectivity index (χ0n) is 47.7. The molecule has 0 saturated carbocycles. The van der Waals surface area contributed by atoms with E-state index in [2.05, 4.69) is 253 Å². The normalized spacial score (nSPS) is 12.0. The Morgan fingerprint density at radius 1 is 0.398 bits per heavy atom. The van der Waals surface area contributed by atoms with Gasteiger partial charge in [-0.3, -0.25) is 9.97 Å². The average Bonchev–Trinajstić information content (AvgIpc) is 2.09. The third kappa shape index (κ3) is 9.32. The maximum Gasteiger partial charge on any atom is 2.00 e. The van der Waals surface area contributed by atoms with Gasteiger partial charge in [0.05, 0.1) is 44.8 Å². The predicted octanol–water partition coefficient (Wildman–Crippen LogP) is 20.5. The summed E-state index contributed by atoms with van der Waals surface area (Å²) in [7, 11) is 0. The SMILES string of the molecule is CC(C)c1cc(-c2ccccc2)cc(C(C)C)c1-n1c(-c2[c-]c(Oc3[c-]c(-c4nc5ccccc5n4-c4c(C(C)C)cc(-c5ccccc5)cc4C(C)C)c4oc5c(ccc6cc7ccccc7nc65)c4c3)ccc2)nc2ccccc21.[Pt+2]. The first kappa shape index (κ1) is 53.4. The molecular formula is C75H61N5O2Pt. The van der Waals surface area contributed by atoms with Crippen molar-refractivity contribution in [1.82, 2.24) is 24.1 Å². The minimum absolute atomic E-state index is 0. The molecule has 0 atom stereocenters. The van der Waals surface area contributed by atoms with Gasteiger partial charge in [0.15, 0.2) is 0 Å². The molecule has 0 spiro atoms. The largest absolute Gasteiger partial charge is 2.00 e. The van der Waals surface area contributed by atoms with Crippen molar-refractivity contribution < 1.29 is 30.2 Å². The fraction of sp³-hybridized carbons (Fsp3) is 0.160. The van der Waals surface area contributed by atoms with Crippen molar-refractivity contribution >= 4 is 65.8 Å². The number of para-hydroxylation sites is 5. The average molecular weight is 1260 g/mol. The predicted molar refractivity (Wildman–Crippen MR) is 338 cm³/mol. The van der Waals surface area contributed by atoms with Gasteiger partial charge in [0.2, 0.25) is 0 Å². The van der Waals surface area contributed by atoms with Crippen LogP contribution >= 0.6 is 0 Å². The standard InChI is InChI=1S/C75H61N5O2.Pt/c1-44(2)58-38-53(48-22-11-9-12-23-48)39-59(45(3)4)70(58)79-67-32-19-17-30-65(67)77-74(79)52-27-21-28-55(37-52)81-56-42-62-57-35-34-51-36-50-26-15-16-29-64(50)76-69(51)73(57)82-72(62)63(43-56)75-78-66-31-18-20-33-68(66)80(75)71-60(46(5)6)40-54(41-61(71)47(7)8)49-24-13-10-14-25-49;/h9-36,38-42,44-47H,1-8H3;/q-2;+2. The van der Waals surface area contributed by atoms with Gasteiger partial charge in [-0.05, 0) is 129 Å². The Balaban J connectivity index is 0.00000645. The number of nitrogens with zero attached hydrogens (tertiary/aromatic N) is 5. The monoisotopic (exact) mass is 1260 g/mol. The summed E-state index contributed by atoms with van der Waals surface area (Å²) in [4.78, 5) is 16.2. The number of imidazole rings is 2. The molecule has 83 heavy (non-hydrogen) atoms. The zero-order valence-corrected chi connectivity index (χ0v) is 50.0.